The molecule has 0 spiro atoms. The van der Waals surface area contributed by atoms with E-state index in [-0.39, 0.29) is 38.6 Å². The summed E-state index contributed by atoms with van der Waals surface area (Å²) in [7, 11) is 0. The number of rotatable bonds is 3. The number of amidine groups is 1. The molecule has 0 bridgehead atoms. The monoisotopic (exact) mass is 372 g/mol. The number of nitrogens with one attached hydrogen (secondary N) is 1. The van der Waals surface area contributed by atoms with E-state index in [4.69, 9.17) is 0 Å². The summed E-state index contributed by atoms with van der Waals surface area (Å²) in [5.41, 5.74) is 0.380. The van der Waals surface area contributed by atoms with E-state index in [1.807, 2.05) is 0 Å². The third-order valence-electron chi connectivity index (χ3n) is 3.38. The van der Waals surface area contributed by atoms with Crippen molar-refractivity contribution in [2.75, 3.05) is 0 Å². The van der Waals surface area contributed by atoms with E-state index in [0.717, 1.165) is 17.8 Å². The van der Waals surface area contributed by atoms with Crippen LogP contribution in [-0.2, 0) is 4.79 Å². The molecule has 2 aromatic rings. The van der Waals surface area contributed by atoms with Crippen LogP contribution in [0.5, 0.6) is 17.2 Å². The van der Waals surface area contributed by atoms with Gasteiger partial charge in [-0.2, -0.15) is 0 Å². The summed E-state index contributed by atoms with van der Waals surface area (Å²) in [6.45, 7) is 0. The van der Waals surface area contributed by atoms with Crippen molar-refractivity contribution in [3.05, 3.63) is 52.4 Å². The molecule has 9 heteroatoms. The number of nitrogens with zero attached hydrogens (tertiary/aromatic N) is 1. The van der Waals surface area contributed by atoms with Crippen molar-refractivity contribution in [2.45, 2.75) is 0 Å². The number of carboxylic acids is 1. The Balaban J connectivity index is 1.90. The molecule has 2 aromatic carbocycles. The lowest BCUT2D eigenvalue weighted by molar-refractivity contribution is -0.115. The largest absolute Gasteiger partial charge is 0.508 e. The normalized spacial score (nSPS) is 16.8. The molecule has 8 nitrogen and oxygen atoms in total. The van der Waals surface area contributed by atoms with Crippen molar-refractivity contribution >= 4 is 40.6 Å². The fraction of sp³-hybridized carbons (Fsp3) is 0. The lowest BCUT2D eigenvalue weighted by Crippen LogP contribution is -2.19. The van der Waals surface area contributed by atoms with Crippen LogP contribution in [0.25, 0.3) is 6.08 Å². The number of phenols is 3. The zero-order valence-electron chi connectivity index (χ0n) is 13.0. The summed E-state index contributed by atoms with van der Waals surface area (Å²) < 4.78 is 0. The van der Waals surface area contributed by atoms with E-state index < -0.39 is 11.9 Å². The van der Waals surface area contributed by atoms with Crippen molar-refractivity contribution < 1.29 is 30.0 Å². The van der Waals surface area contributed by atoms with Crippen LogP contribution in [0.3, 0.4) is 0 Å². The molecule has 1 heterocycles. The molecule has 132 valence electrons. The van der Waals surface area contributed by atoms with Crippen LogP contribution < -0.4 is 5.32 Å². The minimum absolute atomic E-state index is 0.0848. The number of aromatic hydroxyl groups is 3. The summed E-state index contributed by atoms with van der Waals surface area (Å²) in [5.74, 6) is -2.48. The predicted molar refractivity (Wildman–Crippen MR) is 95.6 cm³/mol. The molecule has 0 aliphatic carbocycles. The number of thioether (sulfide) groups is 1. The van der Waals surface area contributed by atoms with Crippen molar-refractivity contribution in [2.24, 2.45) is 4.99 Å². The SMILES string of the molecule is O=C1NC(=Nc2ccc(O)cc2C(=O)O)S/C1=C\c1ccc(O)c(O)c1. The molecule has 1 aliphatic rings. The fourth-order valence-electron chi connectivity index (χ4n) is 2.16. The lowest BCUT2D eigenvalue weighted by atomic mass is 10.2. The molecule has 5 N–H and O–H groups in total. The molecule has 1 fully saturated rings. The van der Waals surface area contributed by atoms with E-state index in [1.54, 1.807) is 0 Å². The maximum Gasteiger partial charge on any atom is 0.338 e. The number of carboxylic acid groups (broad SMARTS) is 1. The van der Waals surface area contributed by atoms with Crippen LogP contribution in [0.2, 0.25) is 0 Å². The first-order valence-electron chi connectivity index (χ1n) is 7.21. The quantitative estimate of drug-likeness (QED) is 0.412. The smallest absolute Gasteiger partial charge is 0.338 e. The first-order valence-corrected chi connectivity index (χ1v) is 8.03. The Morgan fingerprint density at radius 3 is 2.54 bits per heavy atom. The average Bonchev–Trinajstić information content (AvgIpc) is 2.92. The van der Waals surface area contributed by atoms with Crippen molar-refractivity contribution in [3.63, 3.8) is 0 Å². The van der Waals surface area contributed by atoms with Crippen LogP contribution >= 0.6 is 11.8 Å². The fourth-order valence-corrected chi connectivity index (χ4v) is 3.00. The number of aliphatic imine (C=N–C) groups is 1. The molecular weight excluding hydrogens is 360 g/mol. The number of amides is 1. The second-order valence-electron chi connectivity index (χ2n) is 5.24. The topological polar surface area (TPSA) is 139 Å². The Labute approximate surface area is 151 Å². The molecule has 0 atom stereocenters. The molecule has 1 amide bonds. The van der Waals surface area contributed by atoms with Crippen LogP contribution in [0.15, 0.2) is 46.3 Å². The molecule has 0 aromatic heterocycles. The summed E-state index contributed by atoms with van der Waals surface area (Å²) in [6, 6.07) is 7.81. The number of benzene rings is 2. The number of phenolic OH excluding ortho intramolecular Hbond substituents is 3. The Bertz CT molecular complexity index is 983. The molecule has 1 saturated heterocycles. The Morgan fingerprint density at radius 1 is 1.08 bits per heavy atom. The van der Waals surface area contributed by atoms with Gasteiger partial charge in [0.05, 0.1) is 16.2 Å². The first-order chi connectivity index (χ1) is 12.3. The summed E-state index contributed by atoms with van der Waals surface area (Å²) in [4.78, 5) is 27.7. The number of hydrogen-bond donors (Lipinski definition) is 5. The molecule has 3 rings (SSSR count). The highest BCUT2D eigenvalue weighted by Gasteiger charge is 2.24. The van der Waals surface area contributed by atoms with Crippen molar-refractivity contribution in [1.82, 2.24) is 5.32 Å². The van der Waals surface area contributed by atoms with Gasteiger partial charge >= 0.3 is 5.97 Å². The van der Waals surface area contributed by atoms with Gasteiger partial charge in [-0.05, 0) is 53.7 Å². The molecule has 26 heavy (non-hydrogen) atoms. The summed E-state index contributed by atoms with van der Waals surface area (Å²) >= 11 is 0.994. The van der Waals surface area contributed by atoms with Crippen LogP contribution in [0.4, 0.5) is 5.69 Å². The Hall–Kier alpha value is -3.46. The van der Waals surface area contributed by atoms with Gasteiger partial charge in [0.15, 0.2) is 16.7 Å². The van der Waals surface area contributed by atoms with Gasteiger partial charge in [-0.1, -0.05) is 6.07 Å². The summed E-state index contributed by atoms with van der Waals surface area (Å²) in [6.07, 6.45) is 1.50. The van der Waals surface area contributed by atoms with Crippen LogP contribution in [-0.4, -0.2) is 37.5 Å². The highest BCUT2D eigenvalue weighted by atomic mass is 32.2. The molecule has 1 aliphatic heterocycles. The van der Waals surface area contributed by atoms with Gasteiger partial charge in [0.2, 0.25) is 0 Å². The lowest BCUT2D eigenvalue weighted by Gasteiger charge is -2.02. The van der Waals surface area contributed by atoms with Crippen LogP contribution in [0.1, 0.15) is 15.9 Å². The minimum atomic E-state index is -1.26. The number of carbonyl (C=O) groups is 2. The van der Waals surface area contributed by atoms with E-state index in [2.05, 4.69) is 10.3 Å². The standard InChI is InChI=1S/C17H12N2O6S/c20-9-2-3-11(10(7-9)16(24)25)18-17-19-15(23)14(26-17)6-8-1-4-12(21)13(22)5-8/h1-7,20-22H,(H,24,25)(H,18,19,23)/b14-6-. The summed E-state index contributed by atoms with van der Waals surface area (Å²) in [5, 5.41) is 40.1. The number of aromatic carboxylic acids is 1. The van der Waals surface area contributed by atoms with Gasteiger partial charge in [-0.15, -0.1) is 0 Å². The zero-order valence-corrected chi connectivity index (χ0v) is 13.8. The van der Waals surface area contributed by atoms with Gasteiger partial charge in [0, 0.05) is 0 Å². The molecule has 0 saturated carbocycles. The highest BCUT2D eigenvalue weighted by Crippen LogP contribution is 2.32. The molecule has 0 unspecified atom stereocenters. The van der Waals surface area contributed by atoms with Gasteiger partial charge in [-0.25, -0.2) is 9.79 Å². The maximum atomic E-state index is 12.1. The minimum Gasteiger partial charge on any atom is -0.508 e. The van der Waals surface area contributed by atoms with Gasteiger partial charge in [0.25, 0.3) is 5.91 Å². The van der Waals surface area contributed by atoms with Crippen LogP contribution in [0, 0.1) is 0 Å². The first kappa shape index (κ1) is 17.4. The van der Waals surface area contributed by atoms with E-state index >= 15 is 0 Å². The Kier molecular flexibility index (Phi) is 4.55. The van der Waals surface area contributed by atoms with E-state index in [9.17, 15) is 30.0 Å². The van der Waals surface area contributed by atoms with Gasteiger partial charge in [0.1, 0.15) is 5.75 Å². The van der Waals surface area contributed by atoms with Crippen molar-refractivity contribution in [1.29, 1.82) is 0 Å². The molecule has 0 radical (unpaired) electrons. The second kappa shape index (κ2) is 6.81. The highest BCUT2D eigenvalue weighted by molar-refractivity contribution is 8.18. The molecular formula is C17H12N2O6S. The van der Waals surface area contributed by atoms with E-state index in [0.29, 0.717) is 5.56 Å². The predicted octanol–water partition coefficient (Wildman–Crippen LogP) is 2.39. The zero-order chi connectivity index (χ0) is 18.8. The average molecular weight is 372 g/mol. The number of carbonyl (C=O) groups excluding carboxylic acids is 1. The number of hydrogen-bond acceptors (Lipinski definition) is 7. The third kappa shape index (κ3) is 3.62. The van der Waals surface area contributed by atoms with Gasteiger partial charge < -0.3 is 25.7 Å². The van der Waals surface area contributed by atoms with Crippen molar-refractivity contribution in [3.8, 4) is 17.2 Å². The second-order valence-corrected chi connectivity index (χ2v) is 6.27. The van der Waals surface area contributed by atoms with Gasteiger partial charge in [-0.3, -0.25) is 4.79 Å². The Morgan fingerprint density at radius 2 is 1.85 bits per heavy atom. The maximum absolute atomic E-state index is 12.1. The third-order valence-corrected chi connectivity index (χ3v) is 4.29. The van der Waals surface area contributed by atoms with E-state index in [1.165, 1.54) is 36.4 Å².